The molecule has 72 valence electrons. The van der Waals surface area contributed by atoms with E-state index in [0.717, 1.165) is 0 Å². The van der Waals surface area contributed by atoms with E-state index in [4.69, 9.17) is 9.47 Å². The van der Waals surface area contributed by atoms with Gasteiger partial charge < -0.3 is 9.47 Å². The molecule has 0 aromatic heterocycles. The van der Waals surface area contributed by atoms with E-state index < -0.39 is 6.10 Å². The van der Waals surface area contributed by atoms with Crippen LogP contribution in [0.15, 0.2) is 17.0 Å². The Balaban J connectivity index is 2.63. The van der Waals surface area contributed by atoms with Gasteiger partial charge in [-0.3, -0.25) is 9.79 Å². The van der Waals surface area contributed by atoms with Crippen molar-refractivity contribution in [2.75, 3.05) is 13.2 Å². The molecule has 0 saturated carbocycles. The highest BCUT2D eigenvalue weighted by molar-refractivity contribution is 6.08. The van der Waals surface area contributed by atoms with Gasteiger partial charge in [0.05, 0.1) is 12.8 Å². The van der Waals surface area contributed by atoms with E-state index in [2.05, 4.69) is 4.99 Å². The lowest BCUT2D eigenvalue weighted by Gasteiger charge is -2.15. The Morgan fingerprint density at radius 2 is 2.23 bits per heavy atom. The maximum atomic E-state index is 11.5. The van der Waals surface area contributed by atoms with Crippen LogP contribution in [0.4, 0.5) is 0 Å². The van der Waals surface area contributed by atoms with Gasteiger partial charge in [0, 0.05) is 12.8 Å². The largest absolute Gasteiger partial charge is 0.488 e. The smallest absolute Gasteiger partial charge is 0.233 e. The highest BCUT2D eigenvalue weighted by Crippen LogP contribution is 2.09. The van der Waals surface area contributed by atoms with Crippen molar-refractivity contribution >= 4 is 12.0 Å². The minimum atomic E-state index is -0.573. The molecule has 0 N–H and O–H groups in total. The summed E-state index contributed by atoms with van der Waals surface area (Å²) < 4.78 is 10.2. The summed E-state index contributed by atoms with van der Waals surface area (Å²) in [5, 5.41) is 0. The summed E-state index contributed by atoms with van der Waals surface area (Å²) in [6, 6.07) is 0. The molecule has 0 radical (unpaired) electrons. The molecule has 1 atom stereocenters. The molecule has 0 bridgehead atoms. The Hall–Kier alpha value is -1.16. The SMILES string of the molecule is CCOC1=CN=CC(OCC)C1=O. The van der Waals surface area contributed by atoms with Gasteiger partial charge in [0.2, 0.25) is 5.78 Å². The molecule has 0 fully saturated rings. The van der Waals surface area contributed by atoms with Gasteiger partial charge in [0.1, 0.15) is 0 Å². The fourth-order valence-corrected chi connectivity index (χ4v) is 1.02. The molecule has 1 aliphatic heterocycles. The number of nitrogens with zero attached hydrogens (tertiary/aromatic N) is 1. The highest BCUT2D eigenvalue weighted by atomic mass is 16.5. The molecule has 1 rings (SSSR count). The number of hydrogen-bond donors (Lipinski definition) is 0. The van der Waals surface area contributed by atoms with Gasteiger partial charge >= 0.3 is 0 Å². The van der Waals surface area contributed by atoms with Crippen molar-refractivity contribution in [3.05, 3.63) is 12.0 Å². The first-order valence-electron chi connectivity index (χ1n) is 4.31. The molecule has 0 amide bonds. The zero-order valence-corrected chi connectivity index (χ0v) is 7.82. The summed E-state index contributed by atoms with van der Waals surface area (Å²) in [5.74, 6) is 0.127. The normalized spacial score (nSPS) is 21.5. The summed E-state index contributed by atoms with van der Waals surface area (Å²) in [7, 11) is 0. The average Bonchev–Trinajstić information content (AvgIpc) is 2.13. The minimum Gasteiger partial charge on any atom is -0.488 e. The standard InChI is InChI=1S/C9H13NO3/c1-3-12-7-5-10-6-8(9(7)11)13-4-2/h5-7H,3-4H2,1-2H3. The second kappa shape index (κ2) is 4.77. The number of Topliss-reactive ketones (excluding diaryl/α,β-unsaturated/α-hetero) is 1. The first-order chi connectivity index (χ1) is 6.29. The molecule has 4 nitrogen and oxygen atoms in total. The van der Waals surface area contributed by atoms with Crippen molar-refractivity contribution in [2.24, 2.45) is 4.99 Å². The molecule has 0 aromatic carbocycles. The van der Waals surface area contributed by atoms with E-state index in [-0.39, 0.29) is 11.5 Å². The van der Waals surface area contributed by atoms with Crippen LogP contribution in [0.5, 0.6) is 0 Å². The number of aliphatic imine (C=N–C) groups is 1. The molecule has 0 spiro atoms. The summed E-state index contributed by atoms with van der Waals surface area (Å²) in [5.41, 5.74) is 0. The van der Waals surface area contributed by atoms with Gasteiger partial charge in [-0.2, -0.15) is 0 Å². The van der Waals surface area contributed by atoms with Crippen molar-refractivity contribution in [3.63, 3.8) is 0 Å². The van der Waals surface area contributed by atoms with Crippen LogP contribution in [0.2, 0.25) is 0 Å². The molecule has 0 aromatic rings. The van der Waals surface area contributed by atoms with Gasteiger partial charge in [-0.1, -0.05) is 0 Å². The monoisotopic (exact) mass is 183 g/mol. The van der Waals surface area contributed by atoms with E-state index in [1.807, 2.05) is 13.8 Å². The Bertz CT molecular complexity index is 245. The molecular formula is C9H13NO3. The van der Waals surface area contributed by atoms with Gasteiger partial charge in [-0.05, 0) is 13.8 Å². The number of rotatable bonds is 4. The first-order valence-corrected chi connectivity index (χ1v) is 4.31. The Labute approximate surface area is 77.2 Å². The molecule has 0 aliphatic carbocycles. The maximum absolute atomic E-state index is 11.5. The highest BCUT2D eigenvalue weighted by Gasteiger charge is 2.24. The van der Waals surface area contributed by atoms with Crippen LogP contribution in [-0.4, -0.2) is 31.3 Å². The van der Waals surface area contributed by atoms with Crippen LogP contribution in [-0.2, 0) is 14.3 Å². The van der Waals surface area contributed by atoms with E-state index in [1.54, 1.807) is 0 Å². The Morgan fingerprint density at radius 3 is 2.85 bits per heavy atom. The van der Waals surface area contributed by atoms with Crippen LogP contribution < -0.4 is 0 Å². The van der Waals surface area contributed by atoms with Crippen molar-refractivity contribution in [2.45, 2.75) is 20.0 Å². The van der Waals surface area contributed by atoms with Gasteiger partial charge in [0.25, 0.3) is 0 Å². The quantitative estimate of drug-likeness (QED) is 0.651. The molecule has 4 heteroatoms. The Morgan fingerprint density at radius 1 is 1.46 bits per heavy atom. The lowest BCUT2D eigenvalue weighted by Crippen LogP contribution is -2.30. The number of carbonyl (C=O) groups is 1. The molecular weight excluding hydrogens is 170 g/mol. The molecule has 1 unspecified atom stereocenters. The third-order valence-corrected chi connectivity index (χ3v) is 1.56. The molecule has 0 saturated heterocycles. The van der Waals surface area contributed by atoms with E-state index in [1.165, 1.54) is 12.4 Å². The average molecular weight is 183 g/mol. The summed E-state index contributed by atoms with van der Waals surface area (Å²) in [6.45, 7) is 4.61. The fraction of sp³-hybridized carbons (Fsp3) is 0.556. The van der Waals surface area contributed by atoms with Crippen LogP contribution in [0.3, 0.4) is 0 Å². The zero-order valence-electron chi connectivity index (χ0n) is 7.82. The van der Waals surface area contributed by atoms with Crippen molar-refractivity contribution < 1.29 is 14.3 Å². The predicted molar refractivity (Wildman–Crippen MR) is 48.6 cm³/mol. The van der Waals surface area contributed by atoms with Gasteiger partial charge in [-0.15, -0.1) is 0 Å². The van der Waals surface area contributed by atoms with Crippen molar-refractivity contribution in [1.29, 1.82) is 0 Å². The van der Waals surface area contributed by atoms with Crippen LogP contribution in [0, 0.1) is 0 Å². The number of ketones is 1. The maximum Gasteiger partial charge on any atom is 0.233 e. The second-order valence-corrected chi connectivity index (χ2v) is 2.46. The second-order valence-electron chi connectivity index (χ2n) is 2.46. The fourth-order valence-electron chi connectivity index (χ4n) is 1.02. The lowest BCUT2D eigenvalue weighted by atomic mass is 10.2. The van der Waals surface area contributed by atoms with Crippen molar-refractivity contribution in [1.82, 2.24) is 0 Å². The number of hydrogen-bond acceptors (Lipinski definition) is 4. The summed E-state index contributed by atoms with van der Waals surface area (Å²) in [4.78, 5) is 15.4. The number of ether oxygens (including phenoxy) is 2. The number of carbonyl (C=O) groups excluding carboxylic acids is 1. The van der Waals surface area contributed by atoms with Gasteiger partial charge in [0.15, 0.2) is 11.9 Å². The molecule has 1 heterocycles. The van der Waals surface area contributed by atoms with E-state index >= 15 is 0 Å². The van der Waals surface area contributed by atoms with Gasteiger partial charge in [-0.25, -0.2) is 0 Å². The third kappa shape index (κ3) is 2.39. The summed E-state index contributed by atoms with van der Waals surface area (Å²) in [6.07, 6.45) is 2.33. The topological polar surface area (TPSA) is 47.9 Å². The Kier molecular flexibility index (Phi) is 3.64. The third-order valence-electron chi connectivity index (χ3n) is 1.56. The minimum absolute atomic E-state index is 0.154. The zero-order chi connectivity index (χ0) is 9.68. The molecule has 1 aliphatic rings. The van der Waals surface area contributed by atoms with Crippen LogP contribution >= 0.6 is 0 Å². The molecule has 13 heavy (non-hydrogen) atoms. The predicted octanol–water partition coefficient (Wildman–Crippen LogP) is 0.923. The summed E-state index contributed by atoms with van der Waals surface area (Å²) >= 11 is 0. The van der Waals surface area contributed by atoms with E-state index in [9.17, 15) is 4.79 Å². The van der Waals surface area contributed by atoms with E-state index in [0.29, 0.717) is 13.2 Å². The lowest BCUT2D eigenvalue weighted by molar-refractivity contribution is -0.126. The van der Waals surface area contributed by atoms with Crippen LogP contribution in [0.25, 0.3) is 0 Å². The van der Waals surface area contributed by atoms with Crippen molar-refractivity contribution in [3.8, 4) is 0 Å². The van der Waals surface area contributed by atoms with Crippen LogP contribution in [0.1, 0.15) is 13.8 Å². The first kappa shape index (κ1) is 9.92.